The van der Waals surface area contributed by atoms with Crippen LogP contribution in [0.15, 0.2) is 53.6 Å². The van der Waals surface area contributed by atoms with Gasteiger partial charge in [-0.1, -0.05) is 6.07 Å². The van der Waals surface area contributed by atoms with Gasteiger partial charge in [-0.2, -0.15) is 5.10 Å². The van der Waals surface area contributed by atoms with Crippen molar-refractivity contribution >= 4 is 10.0 Å². The highest BCUT2D eigenvalue weighted by Crippen LogP contribution is 2.30. The monoisotopic (exact) mass is 400 g/mol. The number of hydrogen-bond acceptors (Lipinski definition) is 4. The molecule has 0 saturated carbocycles. The Morgan fingerprint density at radius 3 is 2.61 bits per heavy atom. The highest BCUT2D eigenvalue weighted by Gasteiger charge is 2.22. The molecule has 0 radical (unpaired) electrons. The number of fused-ring (bicyclic) bond motifs is 1. The molecule has 0 amide bonds. The van der Waals surface area contributed by atoms with Crippen LogP contribution in [-0.2, 0) is 29.4 Å². The SMILES string of the molecule is O=S(=O)(NCCn1nc(-c2ccccn2)c2c1CCCC2)c1ccc(F)cc1. The van der Waals surface area contributed by atoms with Crippen molar-refractivity contribution < 1.29 is 12.8 Å². The first kappa shape index (κ1) is 18.8. The van der Waals surface area contributed by atoms with Gasteiger partial charge in [-0.3, -0.25) is 9.67 Å². The molecule has 2 heterocycles. The van der Waals surface area contributed by atoms with Crippen LogP contribution in [0.4, 0.5) is 4.39 Å². The van der Waals surface area contributed by atoms with E-state index in [-0.39, 0.29) is 11.4 Å². The lowest BCUT2D eigenvalue weighted by Crippen LogP contribution is -2.28. The zero-order valence-electron chi connectivity index (χ0n) is 15.3. The van der Waals surface area contributed by atoms with Crippen LogP contribution in [0.1, 0.15) is 24.1 Å². The summed E-state index contributed by atoms with van der Waals surface area (Å²) in [5.74, 6) is -0.468. The van der Waals surface area contributed by atoms with Crippen LogP contribution in [0.5, 0.6) is 0 Å². The van der Waals surface area contributed by atoms with E-state index in [2.05, 4.69) is 9.71 Å². The number of pyridine rings is 1. The molecule has 1 aliphatic rings. The van der Waals surface area contributed by atoms with E-state index in [1.54, 1.807) is 6.20 Å². The van der Waals surface area contributed by atoms with Crippen molar-refractivity contribution in [3.05, 3.63) is 65.7 Å². The highest BCUT2D eigenvalue weighted by atomic mass is 32.2. The fraction of sp³-hybridized carbons (Fsp3) is 0.300. The molecule has 1 aromatic carbocycles. The zero-order valence-corrected chi connectivity index (χ0v) is 16.1. The van der Waals surface area contributed by atoms with E-state index in [9.17, 15) is 12.8 Å². The summed E-state index contributed by atoms with van der Waals surface area (Å²) in [6.07, 6.45) is 5.86. The van der Waals surface area contributed by atoms with Gasteiger partial charge in [-0.25, -0.2) is 17.5 Å². The van der Waals surface area contributed by atoms with Gasteiger partial charge in [-0.05, 0) is 62.1 Å². The number of nitrogens with one attached hydrogen (secondary N) is 1. The van der Waals surface area contributed by atoms with E-state index in [0.29, 0.717) is 6.54 Å². The molecule has 0 bridgehead atoms. The second-order valence-electron chi connectivity index (χ2n) is 6.77. The van der Waals surface area contributed by atoms with E-state index in [4.69, 9.17) is 5.10 Å². The first-order chi connectivity index (χ1) is 13.5. The molecular formula is C20H21FN4O2S. The number of rotatable bonds is 6. The molecule has 2 aromatic heterocycles. The summed E-state index contributed by atoms with van der Waals surface area (Å²) in [5, 5.41) is 4.74. The predicted molar refractivity (Wildman–Crippen MR) is 104 cm³/mol. The fourth-order valence-electron chi connectivity index (χ4n) is 3.55. The molecule has 6 nitrogen and oxygen atoms in total. The molecule has 0 atom stereocenters. The van der Waals surface area contributed by atoms with Crippen molar-refractivity contribution in [3.63, 3.8) is 0 Å². The summed E-state index contributed by atoms with van der Waals surface area (Å²) in [4.78, 5) is 4.47. The molecular weight excluding hydrogens is 379 g/mol. The predicted octanol–water partition coefficient (Wildman–Crippen LogP) is 2.94. The quantitative estimate of drug-likeness (QED) is 0.690. The minimum atomic E-state index is -3.68. The van der Waals surface area contributed by atoms with Crippen molar-refractivity contribution in [3.8, 4) is 11.4 Å². The normalized spacial score (nSPS) is 14.0. The van der Waals surface area contributed by atoms with Crippen molar-refractivity contribution in [2.24, 2.45) is 0 Å². The van der Waals surface area contributed by atoms with E-state index >= 15 is 0 Å². The average molecular weight is 400 g/mol. The van der Waals surface area contributed by atoms with E-state index in [0.717, 1.165) is 54.9 Å². The van der Waals surface area contributed by atoms with Gasteiger partial charge >= 0.3 is 0 Å². The maximum Gasteiger partial charge on any atom is 0.240 e. The number of benzene rings is 1. The summed E-state index contributed by atoms with van der Waals surface area (Å²) < 4.78 is 42.2. The first-order valence-corrected chi connectivity index (χ1v) is 10.8. The van der Waals surface area contributed by atoms with E-state index < -0.39 is 15.8 Å². The van der Waals surface area contributed by atoms with Crippen LogP contribution in [0, 0.1) is 5.82 Å². The smallest absolute Gasteiger partial charge is 0.240 e. The molecule has 0 unspecified atom stereocenters. The third-order valence-electron chi connectivity index (χ3n) is 4.90. The van der Waals surface area contributed by atoms with Gasteiger partial charge in [0.2, 0.25) is 10.0 Å². The van der Waals surface area contributed by atoms with E-state index in [1.807, 2.05) is 22.9 Å². The lowest BCUT2D eigenvalue weighted by atomic mass is 9.95. The summed E-state index contributed by atoms with van der Waals surface area (Å²) >= 11 is 0. The molecule has 1 N–H and O–H groups in total. The Labute approximate surface area is 163 Å². The van der Waals surface area contributed by atoms with Crippen molar-refractivity contribution in [1.29, 1.82) is 0 Å². The van der Waals surface area contributed by atoms with Crippen LogP contribution < -0.4 is 4.72 Å². The minimum Gasteiger partial charge on any atom is -0.267 e. The van der Waals surface area contributed by atoms with Gasteiger partial charge in [0.05, 0.1) is 17.1 Å². The van der Waals surface area contributed by atoms with Crippen LogP contribution in [0.2, 0.25) is 0 Å². The number of nitrogens with zero attached hydrogens (tertiary/aromatic N) is 3. The van der Waals surface area contributed by atoms with Crippen LogP contribution in [-0.4, -0.2) is 29.7 Å². The highest BCUT2D eigenvalue weighted by molar-refractivity contribution is 7.89. The maximum absolute atomic E-state index is 13.0. The fourth-order valence-corrected chi connectivity index (χ4v) is 4.57. The Morgan fingerprint density at radius 2 is 1.86 bits per heavy atom. The third-order valence-corrected chi connectivity index (χ3v) is 6.38. The number of halogens is 1. The van der Waals surface area contributed by atoms with Crippen LogP contribution in [0.25, 0.3) is 11.4 Å². The van der Waals surface area contributed by atoms with Crippen molar-refractivity contribution in [1.82, 2.24) is 19.5 Å². The second kappa shape index (κ2) is 7.81. The molecule has 1 aliphatic carbocycles. The standard InChI is InChI=1S/C20H21FN4O2S/c21-15-8-10-16(11-9-15)28(26,27)23-13-14-25-19-7-2-1-5-17(19)20(24-25)18-6-3-4-12-22-18/h3-4,6,8-12,23H,1-2,5,7,13-14H2. The lowest BCUT2D eigenvalue weighted by molar-refractivity contribution is 0.538. The Balaban J connectivity index is 1.52. The zero-order chi connectivity index (χ0) is 19.6. The summed E-state index contributed by atoms with van der Waals surface area (Å²) in [7, 11) is -3.68. The Hall–Kier alpha value is -2.58. The first-order valence-electron chi connectivity index (χ1n) is 9.30. The average Bonchev–Trinajstić information content (AvgIpc) is 3.08. The molecule has 8 heteroatoms. The topological polar surface area (TPSA) is 76.9 Å². The molecule has 0 aliphatic heterocycles. The summed E-state index contributed by atoms with van der Waals surface area (Å²) in [6, 6.07) is 10.5. The Kier molecular flexibility index (Phi) is 5.23. The van der Waals surface area contributed by atoms with Crippen LogP contribution in [0.3, 0.4) is 0 Å². The van der Waals surface area contributed by atoms with Gasteiger partial charge in [0, 0.05) is 24.0 Å². The maximum atomic E-state index is 13.0. The number of hydrogen-bond donors (Lipinski definition) is 1. The summed E-state index contributed by atoms with van der Waals surface area (Å²) in [5.41, 5.74) is 4.10. The number of sulfonamides is 1. The van der Waals surface area contributed by atoms with Gasteiger partial charge in [0.1, 0.15) is 11.5 Å². The molecule has 0 fully saturated rings. The van der Waals surface area contributed by atoms with E-state index in [1.165, 1.54) is 17.7 Å². The van der Waals surface area contributed by atoms with Crippen LogP contribution >= 0.6 is 0 Å². The second-order valence-corrected chi connectivity index (χ2v) is 8.54. The molecule has 0 spiro atoms. The van der Waals surface area contributed by atoms with Gasteiger partial charge in [0.25, 0.3) is 0 Å². The van der Waals surface area contributed by atoms with Gasteiger partial charge in [-0.15, -0.1) is 0 Å². The van der Waals surface area contributed by atoms with Gasteiger partial charge in [0.15, 0.2) is 0 Å². The number of aromatic nitrogens is 3. The van der Waals surface area contributed by atoms with Gasteiger partial charge < -0.3 is 0 Å². The molecule has 146 valence electrons. The summed E-state index contributed by atoms with van der Waals surface area (Å²) in [6.45, 7) is 0.630. The molecule has 0 saturated heterocycles. The lowest BCUT2D eigenvalue weighted by Gasteiger charge is -2.14. The molecule has 3 aromatic rings. The van der Waals surface area contributed by atoms with Crippen molar-refractivity contribution in [2.45, 2.75) is 37.1 Å². The third kappa shape index (κ3) is 3.83. The Bertz CT molecular complexity index is 1060. The molecule has 28 heavy (non-hydrogen) atoms. The largest absolute Gasteiger partial charge is 0.267 e. The molecule has 4 rings (SSSR count). The Morgan fingerprint density at radius 1 is 1.07 bits per heavy atom. The van der Waals surface area contributed by atoms with Crippen molar-refractivity contribution in [2.75, 3.05) is 6.54 Å². The minimum absolute atomic E-state index is 0.0468.